The van der Waals surface area contributed by atoms with Crippen molar-refractivity contribution in [3.8, 4) is 0 Å². The highest BCUT2D eigenvalue weighted by Crippen LogP contribution is 2.69. The van der Waals surface area contributed by atoms with E-state index in [1.165, 1.54) is 17.4 Å². The van der Waals surface area contributed by atoms with Crippen LogP contribution in [0.2, 0.25) is 0 Å². The number of carbonyl (C=O) groups is 2. The Bertz CT molecular complexity index is 1160. The fourth-order valence-corrected chi connectivity index (χ4v) is 9.41. The number of carbonyl (C=O) groups excluding carboxylic acids is 2. The molecule has 4 fully saturated rings. The number of rotatable bonds is 5. The van der Waals surface area contributed by atoms with Crippen molar-refractivity contribution in [3.05, 3.63) is 45.9 Å². The lowest BCUT2D eigenvalue weighted by molar-refractivity contribution is -0.200. The summed E-state index contributed by atoms with van der Waals surface area (Å²) < 4.78 is 26.8. The van der Waals surface area contributed by atoms with E-state index in [1.54, 1.807) is 17.5 Å². The smallest absolute Gasteiger partial charge is 0.193 e. The highest BCUT2D eigenvalue weighted by atomic mass is 32.1. The normalized spacial score (nSPS) is 45.0. The first-order valence-electron chi connectivity index (χ1n) is 13.0. The third-order valence-electron chi connectivity index (χ3n) is 10.1. The van der Waals surface area contributed by atoms with E-state index in [2.05, 4.69) is 6.92 Å². The Labute approximate surface area is 214 Å². The number of thiophene rings is 1. The second-order valence-electron chi connectivity index (χ2n) is 11.7. The molecule has 5 aliphatic rings. The van der Waals surface area contributed by atoms with Gasteiger partial charge in [0.1, 0.15) is 12.4 Å². The second kappa shape index (κ2) is 8.40. The fraction of sp³-hybridized carbons (Fsp3) is 0.643. The number of aliphatic hydroxyl groups is 2. The zero-order valence-corrected chi connectivity index (χ0v) is 21.4. The highest BCUT2D eigenvalue weighted by molar-refractivity contribution is 7.09. The van der Waals surface area contributed by atoms with Gasteiger partial charge in [0.2, 0.25) is 0 Å². The van der Waals surface area contributed by atoms with Gasteiger partial charge in [-0.2, -0.15) is 0 Å². The first-order valence-corrected chi connectivity index (χ1v) is 13.8. The van der Waals surface area contributed by atoms with Crippen molar-refractivity contribution in [1.29, 1.82) is 0 Å². The molecule has 6 nitrogen and oxygen atoms in total. The molecule has 1 saturated heterocycles. The van der Waals surface area contributed by atoms with Crippen LogP contribution in [0.5, 0.6) is 0 Å². The lowest BCUT2D eigenvalue weighted by Crippen LogP contribution is -2.63. The van der Waals surface area contributed by atoms with E-state index in [-0.39, 0.29) is 29.4 Å². The minimum absolute atomic E-state index is 0.00534. The van der Waals surface area contributed by atoms with Crippen LogP contribution in [0.3, 0.4) is 0 Å². The molecule has 0 spiro atoms. The average Bonchev–Trinajstić information content (AvgIpc) is 3.49. The summed E-state index contributed by atoms with van der Waals surface area (Å²) in [7, 11) is 0. The van der Waals surface area contributed by atoms with Crippen LogP contribution in [0.25, 0.3) is 0 Å². The van der Waals surface area contributed by atoms with Gasteiger partial charge < -0.3 is 19.7 Å². The summed E-state index contributed by atoms with van der Waals surface area (Å²) in [6.07, 6.45) is 6.80. The predicted octanol–water partition coefficient (Wildman–Crippen LogP) is 3.75. The molecule has 2 unspecified atom stereocenters. The molecular formula is C28H33FO6S. The molecule has 0 aromatic carbocycles. The molecular weight excluding hydrogens is 483 g/mol. The summed E-state index contributed by atoms with van der Waals surface area (Å²) in [6.45, 7) is 3.47. The molecule has 1 aromatic heterocycles. The quantitative estimate of drug-likeness (QED) is 0.619. The van der Waals surface area contributed by atoms with Gasteiger partial charge >= 0.3 is 0 Å². The van der Waals surface area contributed by atoms with E-state index in [4.69, 9.17) is 9.47 Å². The zero-order chi connectivity index (χ0) is 25.5. The molecule has 8 heteroatoms. The van der Waals surface area contributed by atoms with Crippen LogP contribution in [0.1, 0.15) is 50.8 Å². The number of fused-ring (bicyclic) bond motifs is 7. The minimum Gasteiger partial charge on any atom is -0.393 e. The molecule has 0 bridgehead atoms. The largest absolute Gasteiger partial charge is 0.393 e. The highest BCUT2D eigenvalue weighted by Gasteiger charge is 2.75. The standard InChI is InChI=1S/C28H33FO6S/c1-26-9-7-16(31)11-15(26)3-4-17-18-12-23-28(22(33)14-30,27(18,2)13-20(32)25(17)26)35-24(34-23)6-5-21-19(29)8-10-36-21/h7-11,17-18,20,23-25,30,32H,3-6,12-14H2,1-2H3/t17-,18-,20-,23+,24+,25?,26-,27?,28+/m0/s1. The molecule has 9 atom stereocenters. The van der Waals surface area contributed by atoms with E-state index in [0.717, 1.165) is 18.4 Å². The third-order valence-corrected chi connectivity index (χ3v) is 11.1. The molecule has 3 saturated carbocycles. The molecule has 0 radical (unpaired) electrons. The predicted molar refractivity (Wildman–Crippen MR) is 131 cm³/mol. The molecule has 194 valence electrons. The van der Waals surface area contributed by atoms with Gasteiger partial charge in [0.05, 0.1) is 12.2 Å². The number of hydrogen-bond donors (Lipinski definition) is 2. The number of allylic oxidation sites excluding steroid dienone is 4. The van der Waals surface area contributed by atoms with Gasteiger partial charge in [-0.05, 0) is 67.5 Å². The van der Waals surface area contributed by atoms with Gasteiger partial charge in [-0.1, -0.05) is 25.5 Å². The summed E-state index contributed by atoms with van der Waals surface area (Å²) in [4.78, 5) is 26.1. The maximum absolute atomic E-state index is 14.0. The number of ketones is 2. The third kappa shape index (κ3) is 3.21. The lowest BCUT2D eigenvalue weighted by Gasteiger charge is -2.59. The van der Waals surface area contributed by atoms with Crippen LogP contribution >= 0.6 is 11.3 Å². The number of halogens is 1. The van der Waals surface area contributed by atoms with E-state index < -0.39 is 47.3 Å². The van der Waals surface area contributed by atoms with Crippen LogP contribution in [0, 0.1) is 34.4 Å². The van der Waals surface area contributed by atoms with Crippen molar-refractivity contribution in [2.75, 3.05) is 6.61 Å². The monoisotopic (exact) mass is 516 g/mol. The van der Waals surface area contributed by atoms with Crippen LogP contribution in [-0.2, 0) is 25.5 Å². The van der Waals surface area contributed by atoms with Crippen molar-refractivity contribution < 1.29 is 33.7 Å². The first-order chi connectivity index (χ1) is 17.1. The molecule has 1 aliphatic heterocycles. The van der Waals surface area contributed by atoms with Crippen LogP contribution in [0.4, 0.5) is 4.39 Å². The molecule has 4 aliphatic carbocycles. The Balaban J connectivity index is 1.32. The van der Waals surface area contributed by atoms with Crippen LogP contribution < -0.4 is 0 Å². The van der Waals surface area contributed by atoms with E-state index >= 15 is 0 Å². The number of aryl methyl sites for hydroxylation is 1. The fourth-order valence-electron chi connectivity index (χ4n) is 8.64. The molecule has 1 aromatic rings. The summed E-state index contributed by atoms with van der Waals surface area (Å²) in [5, 5.41) is 23.4. The van der Waals surface area contributed by atoms with E-state index in [0.29, 0.717) is 30.6 Å². The average molecular weight is 517 g/mol. The maximum atomic E-state index is 14.0. The summed E-state index contributed by atoms with van der Waals surface area (Å²) >= 11 is 1.35. The van der Waals surface area contributed by atoms with Gasteiger partial charge in [-0.15, -0.1) is 11.3 Å². The lowest BCUT2D eigenvalue weighted by atomic mass is 9.46. The van der Waals surface area contributed by atoms with Crippen LogP contribution in [-0.4, -0.2) is 52.5 Å². The van der Waals surface area contributed by atoms with Crippen molar-refractivity contribution >= 4 is 22.9 Å². The Morgan fingerprint density at radius 2 is 2.14 bits per heavy atom. The molecule has 2 N–H and O–H groups in total. The summed E-state index contributed by atoms with van der Waals surface area (Å²) in [5.74, 6) is -0.541. The Hall–Kier alpha value is -1.71. The minimum atomic E-state index is -1.34. The Kier molecular flexibility index (Phi) is 5.74. The van der Waals surface area contributed by atoms with E-state index in [1.807, 2.05) is 13.0 Å². The molecule has 36 heavy (non-hydrogen) atoms. The zero-order valence-electron chi connectivity index (χ0n) is 20.6. The summed E-state index contributed by atoms with van der Waals surface area (Å²) in [5.41, 5.74) is -1.39. The summed E-state index contributed by atoms with van der Waals surface area (Å²) in [6, 6.07) is 1.44. The van der Waals surface area contributed by atoms with Gasteiger partial charge in [0.15, 0.2) is 23.5 Å². The molecule has 6 rings (SSSR count). The number of aliphatic hydroxyl groups excluding tert-OH is 2. The van der Waals surface area contributed by atoms with Gasteiger partial charge in [0, 0.05) is 28.0 Å². The van der Waals surface area contributed by atoms with Crippen LogP contribution in [0.15, 0.2) is 35.2 Å². The number of Topliss-reactive ketones (excluding diaryl/α,β-unsaturated/α-hetero) is 1. The second-order valence-corrected chi connectivity index (χ2v) is 12.7. The van der Waals surface area contributed by atoms with E-state index in [9.17, 15) is 24.2 Å². The number of ether oxygens (including phenoxy) is 2. The van der Waals surface area contributed by atoms with Gasteiger partial charge in [0.25, 0.3) is 0 Å². The van der Waals surface area contributed by atoms with Gasteiger partial charge in [-0.3, -0.25) is 9.59 Å². The van der Waals surface area contributed by atoms with Crippen molar-refractivity contribution in [3.63, 3.8) is 0 Å². The molecule has 2 heterocycles. The Morgan fingerprint density at radius 3 is 2.86 bits per heavy atom. The van der Waals surface area contributed by atoms with Crippen molar-refractivity contribution in [1.82, 2.24) is 0 Å². The van der Waals surface area contributed by atoms with Gasteiger partial charge in [-0.25, -0.2) is 4.39 Å². The van der Waals surface area contributed by atoms with Crippen molar-refractivity contribution in [2.45, 2.75) is 76.5 Å². The number of hydrogen-bond acceptors (Lipinski definition) is 7. The van der Waals surface area contributed by atoms with Crippen molar-refractivity contribution in [2.24, 2.45) is 28.6 Å². The first kappa shape index (κ1) is 24.6. The SMILES string of the molecule is CC12C[C@H](O)C3[C@@H](CCC4=CC(=O)C=C[C@@]43C)[C@@H]1C[C@H]1O[C@@H](CCc3sccc3F)O[C@]12C(=O)CO. The maximum Gasteiger partial charge on any atom is 0.193 e. The topological polar surface area (TPSA) is 93.1 Å². The molecule has 0 amide bonds. The Morgan fingerprint density at radius 1 is 1.33 bits per heavy atom.